The zero-order valence-corrected chi connectivity index (χ0v) is 19.5. The predicted octanol–water partition coefficient (Wildman–Crippen LogP) is 3.62. The van der Waals surface area contributed by atoms with Gasteiger partial charge >= 0.3 is 5.97 Å². The topological polar surface area (TPSA) is 87.2 Å². The lowest BCUT2D eigenvalue weighted by Gasteiger charge is -2.45. The third kappa shape index (κ3) is 2.80. The molecule has 2 saturated heterocycles. The van der Waals surface area contributed by atoms with E-state index >= 15 is 0 Å². The highest BCUT2D eigenvalue weighted by Crippen LogP contribution is 2.61. The fourth-order valence-electron chi connectivity index (χ4n) is 6.85. The van der Waals surface area contributed by atoms with Gasteiger partial charge < -0.3 is 14.7 Å². The monoisotopic (exact) mass is 480 g/mol. The quantitative estimate of drug-likeness (QED) is 0.577. The van der Waals surface area contributed by atoms with Crippen LogP contribution in [0, 0.1) is 11.8 Å². The summed E-state index contributed by atoms with van der Waals surface area (Å²) in [6, 6.07) is 21.1. The van der Waals surface area contributed by atoms with Crippen molar-refractivity contribution in [1.29, 1.82) is 0 Å². The van der Waals surface area contributed by atoms with Crippen LogP contribution in [0.25, 0.3) is 0 Å². The Hall–Kier alpha value is -3.97. The van der Waals surface area contributed by atoms with Crippen LogP contribution in [0.5, 0.6) is 0 Å². The zero-order valence-electron chi connectivity index (χ0n) is 19.5. The molecule has 3 aromatic rings. The van der Waals surface area contributed by atoms with Gasteiger partial charge in [-0.1, -0.05) is 48.5 Å². The van der Waals surface area contributed by atoms with E-state index in [2.05, 4.69) is 24.3 Å². The van der Waals surface area contributed by atoms with Crippen LogP contribution in [0.3, 0.4) is 0 Å². The fourth-order valence-corrected chi connectivity index (χ4v) is 6.85. The number of anilines is 2. The lowest BCUT2D eigenvalue weighted by Crippen LogP contribution is -2.41. The van der Waals surface area contributed by atoms with Gasteiger partial charge in [0.25, 0.3) is 0 Å². The van der Waals surface area contributed by atoms with Gasteiger partial charge in [0.2, 0.25) is 11.8 Å². The summed E-state index contributed by atoms with van der Waals surface area (Å²) in [5.41, 5.74) is 5.42. The number of benzene rings is 3. The minimum absolute atomic E-state index is 0.0828. The number of ether oxygens (including phenoxy) is 1. The summed E-state index contributed by atoms with van der Waals surface area (Å²) in [5.74, 6) is -2.98. The van der Waals surface area contributed by atoms with E-state index in [1.54, 1.807) is 12.1 Å². The number of carbonyl (C=O) groups excluding carboxylic acids is 2. The highest BCUT2D eigenvalue weighted by atomic mass is 16.5. The average Bonchev–Trinajstić information content (AvgIpc) is 3.19. The summed E-state index contributed by atoms with van der Waals surface area (Å²) >= 11 is 0. The highest BCUT2D eigenvalue weighted by Gasteiger charge is 2.61. The molecule has 2 unspecified atom stereocenters. The van der Waals surface area contributed by atoms with Crippen LogP contribution in [0.4, 0.5) is 11.4 Å². The molecule has 0 radical (unpaired) electrons. The van der Waals surface area contributed by atoms with Crippen molar-refractivity contribution in [2.24, 2.45) is 11.8 Å². The number of carbonyl (C=O) groups is 3. The van der Waals surface area contributed by atoms with Crippen LogP contribution in [0.15, 0.2) is 66.7 Å². The van der Waals surface area contributed by atoms with Gasteiger partial charge in [0.15, 0.2) is 0 Å². The number of hydrogen-bond acceptors (Lipinski definition) is 5. The number of carboxylic acid groups (broad SMARTS) is 1. The number of hydrogen-bond donors (Lipinski definition) is 1. The van der Waals surface area contributed by atoms with Crippen molar-refractivity contribution in [1.82, 2.24) is 0 Å². The van der Waals surface area contributed by atoms with Crippen LogP contribution in [0.2, 0.25) is 0 Å². The van der Waals surface area contributed by atoms with E-state index in [-0.39, 0.29) is 29.2 Å². The first-order chi connectivity index (χ1) is 17.6. The molecule has 180 valence electrons. The third-order valence-corrected chi connectivity index (χ3v) is 8.27. The Morgan fingerprint density at radius 2 is 1.28 bits per heavy atom. The molecule has 2 amide bonds. The smallest absolute Gasteiger partial charge is 0.337 e. The second-order valence-electron chi connectivity index (χ2n) is 9.88. The number of aromatic carboxylic acids is 1. The lowest BCUT2D eigenvalue weighted by atomic mass is 9.55. The number of nitrogens with zero attached hydrogens (tertiary/aromatic N) is 2. The first kappa shape index (κ1) is 21.3. The van der Waals surface area contributed by atoms with Crippen molar-refractivity contribution >= 4 is 29.2 Å². The molecular weight excluding hydrogens is 456 g/mol. The largest absolute Gasteiger partial charge is 0.478 e. The maximum atomic E-state index is 14.0. The minimum atomic E-state index is -1.09. The fraction of sp³-hybridized carbons (Fsp3) is 0.276. The van der Waals surface area contributed by atoms with E-state index in [1.807, 2.05) is 29.2 Å². The van der Waals surface area contributed by atoms with Gasteiger partial charge in [0.05, 0.1) is 42.0 Å². The molecule has 2 aliphatic heterocycles. The highest BCUT2D eigenvalue weighted by molar-refractivity contribution is 6.23. The molecule has 2 atom stereocenters. The summed E-state index contributed by atoms with van der Waals surface area (Å²) in [5, 5.41) is 9.99. The molecule has 8 rings (SSSR count). The molecule has 2 fully saturated rings. The summed E-state index contributed by atoms with van der Waals surface area (Å²) < 4.78 is 5.40. The Kier molecular flexibility index (Phi) is 4.60. The number of rotatable bonds is 3. The van der Waals surface area contributed by atoms with E-state index < -0.39 is 17.8 Å². The number of carboxylic acids is 1. The van der Waals surface area contributed by atoms with Crippen molar-refractivity contribution in [2.45, 2.75) is 11.8 Å². The SMILES string of the molecule is O=C(O)c1cc(N2C(=O)C3C4c5ccccc5C(c5ccccc54)C3C2=O)ccc1N1CCOCC1. The van der Waals surface area contributed by atoms with Crippen LogP contribution >= 0.6 is 0 Å². The van der Waals surface area contributed by atoms with E-state index in [0.717, 1.165) is 22.3 Å². The molecule has 7 nitrogen and oxygen atoms in total. The molecule has 0 spiro atoms. The summed E-state index contributed by atoms with van der Waals surface area (Å²) in [4.78, 5) is 43.3. The standard InChI is InChI=1S/C29H24N2O5/c32-27-25-23-17-5-1-2-6-18(17)24(20-8-4-3-7-19(20)23)26(25)28(33)31(27)16-9-10-22(21(15-16)29(34)35)30-11-13-36-14-12-30/h1-10,15,23-26H,11-14H2,(H,34,35). The summed E-state index contributed by atoms with van der Waals surface area (Å²) in [7, 11) is 0. The first-order valence-corrected chi connectivity index (χ1v) is 12.3. The Balaban J connectivity index is 1.33. The molecule has 0 aromatic heterocycles. The Morgan fingerprint density at radius 1 is 0.778 bits per heavy atom. The van der Waals surface area contributed by atoms with Crippen molar-refractivity contribution in [3.63, 3.8) is 0 Å². The van der Waals surface area contributed by atoms with Gasteiger partial charge in [-0.05, 0) is 40.5 Å². The van der Waals surface area contributed by atoms with Gasteiger partial charge in [-0.3, -0.25) is 9.59 Å². The Bertz CT molecular complexity index is 1330. The molecule has 1 N–H and O–H groups in total. The molecule has 0 saturated carbocycles. The summed E-state index contributed by atoms with van der Waals surface area (Å²) in [6.45, 7) is 2.23. The van der Waals surface area contributed by atoms with Crippen LogP contribution in [0.1, 0.15) is 44.4 Å². The minimum Gasteiger partial charge on any atom is -0.478 e. The Morgan fingerprint density at radius 3 is 1.75 bits per heavy atom. The van der Waals surface area contributed by atoms with Gasteiger partial charge in [-0.25, -0.2) is 9.69 Å². The molecular formula is C29H24N2O5. The normalized spacial score (nSPS) is 26.0. The average molecular weight is 481 g/mol. The molecule has 3 aliphatic carbocycles. The molecule has 2 bridgehead atoms. The second-order valence-corrected chi connectivity index (χ2v) is 9.88. The first-order valence-electron chi connectivity index (χ1n) is 12.3. The van der Waals surface area contributed by atoms with Crippen molar-refractivity contribution in [3.8, 4) is 0 Å². The van der Waals surface area contributed by atoms with Crippen molar-refractivity contribution < 1.29 is 24.2 Å². The van der Waals surface area contributed by atoms with Crippen LogP contribution < -0.4 is 9.80 Å². The van der Waals surface area contributed by atoms with E-state index in [9.17, 15) is 19.5 Å². The molecule has 5 aliphatic rings. The Labute approximate surface area is 207 Å². The van der Waals surface area contributed by atoms with E-state index in [4.69, 9.17) is 4.74 Å². The molecule has 2 heterocycles. The van der Waals surface area contributed by atoms with E-state index in [1.165, 1.54) is 11.0 Å². The number of amides is 2. The molecule has 36 heavy (non-hydrogen) atoms. The van der Waals surface area contributed by atoms with Gasteiger partial charge in [0.1, 0.15) is 0 Å². The summed E-state index contributed by atoms with van der Waals surface area (Å²) in [6.07, 6.45) is 0. The number of imide groups is 1. The maximum absolute atomic E-state index is 14.0. The molecule has 7 heteroatoms. The zero-order chi connectivity index (χ0) is 24.6. The van der Waals surface area contributed by atoms with Gasteiger partial charge in [-0.2, -0.15) is 0 Å². The van der Waals surface area contributed by atoms with Crippen molar-refractivity contribution in [3.05, 3.63) is 94.5 Å². The number of morpholine rings is 1. The predicted molar refractivity (Wildman–Crippen MR) is 132 cm³/mol. The second kappa shape index (κ2) is 7.77. The van der Waals surface area contributed by atoms with Crippen molar-refractivity contribution in [2.75, 3.05) is 36.1 Å². The molecule has 3 aromatic carbocycles. The van der Waals surface area contributed by atoms with Gasteiger partial charge in [0, 0.05) is 24.9 Å². The lowest BCUT2D eigenvalue weighted by molar-refractivity contribution is -0.122. The third-order valence-electron chi connectivity index (χ3n) is 8.27. The van der Waals surface area contributed by atoms with Crippen LogP contribution in [-0.4, -0.2) is 49.2 Å². The maximum Gasteiger partial charge on any atom is 0.337 e. The van der Waals surface area contributed by atoms with Crippen LogP contribution in [-0.2, 0) is 14.3 Å². The van der Waals surface area contributed by atoms with E-state index in [0.29, 0.717) is 37.7 Å². The van der Waals surface area contributed by atoms with Gasteiger partial charge in [-0.15, -0.1) is 0 Å².